The fourth-order valence-corrected chi connectivity index (χ4v) is 4.24. The number of oxime groups is 1. The highest BCUT2D eigenvalue weighted by atomic mass is 16.4. The van der Waals surface area contributed by atoms with Gasteiger partial charge in [0, 0.05) is 45.0 Å². The third kappa shape index (κ3) is 4.12. The number of carbonyl (C=O) groups excluding carboxylic acids is 2. The van der Waals surface area contributed by atoms with Crippen LogP contribution in [-0.2, 0) is 6.54 Å². The molecule has 0 spiro atoms. The highest BCUT2D eigenvalue weighted by Gasteiger charge is 2.19. The Bertz CT molecular complexity index is 1400. The summed E-state index contributed by atoms with van der Waals surface area (Å²) >= 11 is 0. The van der Waals surface area contributed by atoms with Crippen LogP contribution in [-0.4, -0.2) is 32.2 Å². The molecule has 0 bridgehead atoms. The summed E-state index contributed by atoms with van der Waals surface area (Å²) < 4.78 is 2.14. The zero-order valence-electron chi connectivity index (χ0n) is 18.9. The van der Waals surface area contributed by atoms with Gasteiger partial charge in [-0.25, -0.2) is 0 Å². The highest BCUT2D eigenvalue weighted by molar-refractivity contribution is 6.46. The van der Waals surface area contributed by atoms with Gasteiger partial charge in [0.25, 0.3) is 0 Å². The van der Waals surface area contributed by atoms with E-state index in [-0.39, 0.29) is 28.9 Å². The Hall–Kier alpha value is -3.93. The number of rotatable bonds is 7. The van der Waals surface area contributed by atoms with Crippen molar-refractivity contribution in [1.29, 1.82) is 0 Å². The van der Waals surface area contributed by atoms with E-state index in [1.807, 2.05) is 45.0 Å². The van der Waals surface area contributed by atoms with Gasteiger partial charge in [0.05, 0.1) is 0 Å². The van der Waals surface area contributed by atoms with Gasteiger partial charge < -0.3 is 14.9 Å². The Morgan fingerprint density at radius 2 is 1.42 bits per heavy atom. The van der Waals surface area contributed by atoms with Crippen molar-refractivity contribution in [1.82, 2.24) is 4.57 Å². The summed E-state index contributed by atoms with van der Waals surface area (Å²) in [6.45, 7) is 6.70. The summed E-state index contributed by atoms with van der Waals surface area (Å²) in [5, 5.41) is 23.9. The van der Waals surface area contributed by atoms with Crippen molar-refractivity contribution in [3.63, 3.8) is 0 Å². The zero-order valence-corrected chi connectivity index (χ0v) is 18.9. The van der Waals surface area contributed by atoms with Crippen molar-refractivity contribution >= 4 is 39.1 Å². The van der Waals surface area contributed by atoms with Crippen LogP contribution in [0.1, 0.15) is 53.5 Å². The van der Waals surface area contributed by atoms with Crippen LogP contribution >= 0.6 is 0 Å². The van der Waals surface area contributed by atoms with Gasteiger partial charge in [-0.15, -0.1) is 0 Å². The second-order valence-corrected chi connectivity index (χ2v) is 8.56. The smallest absolute Gasteiger partial charge is 0.210 e. The normalized spacial score (nSPS) is 12.1. The molecule has 0 amide bonds. The molecule has 0 aliphatic carbocycles. The maximum atomic E-state index is 13.0. The molecule has 0 aliphatic rings. The number of aromatic nitrogens is 1. The minimum absolute atomic E-state index is 0.105. The lowest BCUT2D eigenvalue weighted by Crippen LogP contribution is -2.16. The molecule has 0 saturated heterocycles. The number of phenolic OH excluding ortho intramolecular Hbond substituents is 1. The SMILES string of the molecule is CCn1c2ccc(C(=O)/C(CC(C)C)=N/O)cc2c2cc(C(=O)c3ccc(O)cc3)ccc21. The van der Waals surface area contributed by atoms with Crippen molar-refractivity contribution in [3.05, 3.63) is 77.4 Å². The number of ketones is 2. The van der Waals surface area contributed by atoms with Gasteiger partial charge in [0.1, 0.15) is 11.5 Å². The van der Waals surface area contributed by atoms with Crippen LogP contribution in [0.2, 0.25) is 0 Å². The third-order valence-electron chi connectivity index (χ3n) is 5.82. The van der Waals surface area contributed by atoms with Gasteiger partial charge in [-0.05, 0) is 79.9 Å². The molecule has 33 heavy (non-hydrogen) atoms. The number of hydrogen-bond acceptors (Lipinski definition) is 5. The van der Waals surface area contributed by atoms with Crippen LogP contribution in [0, 0.1) is 5.92 Å². The molecular weight excluding hydrogens is 416 g/mol. The minimum Gasteiger partial charge on any atom is -0.508 e. The number of aryl methyl sites for hydroxylation is 1. The van der Waals surface area contributed by atoms with Gasteiger partial charge in [-0.1, -0.05) is 19.0 Å². The van der Waals surface area contributed by atoms with Gasteiger partial charge in [-0.2, -0.15) is 0 Å². The van der Waals surface area contributed by atoms with E-state index in [0.29, 0.717) is 23.1 Å². The largest absolute Gasteiger partial charge is 0.508 e. The fourth-order valence-electron chi connectivity index (χ4n) is 4.24. The first kappa shape index (κ1) is 22.3. The van der Waals surface area contributed by atoms with Crippen molar-refractivity contribution in [3.8, 4) is 5.75 Å². The molecule has 0 atom stereocenters. The summed E-state index contributed by atoms with van der Waals surface area (Å²) in [5.41, 5.74) is 3.52. The molecule has 3 aromatic carbocycles. The average Bonchev–Trinajstić information content (AvgIpc) is 3.14. The predicted octanol–water partition coefficient (Wildman–Crippen LogP) is 5.81. The number of phenols is 1. The van der Waals surface area contributed by atoms with Gasteiger partial charge in [0.15, 0.2) is 5.78 Å². The van der Waals surface area contributed by atoms with E-state index in [0.717, 1.165) is 28.4 Å². The van der Waals surface area contributed by atoms with Gasteiger partial charge in [0.2, 0.25) is 5.78 Å². The van der Waals surface area contributed by atoms with Crippen LogP contribution in [0.25, 0.3) is 21.8 Å². The standard InChI is InChI=1S/C27H26N2O4/c1-4-29-24-11-7-18(26(31)17-5-9-20(30)10-6-17)14-21(24)22-15-19(8-12-25(22)29)27(32)23(28-33)13-16(2)3/h5-12,14-16,30,33H,4,13H2,1-3H3/b28-23+. The van der Waals surface area contributed by atoms with E-state index in [1.165, 1.54) is 12.1 Å². The monoisotopic (exact) mass is 442 g/mol. The van der Waals surface area contributed by atoms with Crippen LogP contribution in [0.3, 0.4) is 0 Å². The zero-order chi connectivity index (χ0) is 23.7. The number of aromatic hydroxyl groups is 1. The van der Waals surface area contributed by atoms with E-state index in [4.69, 9.17) is 0 Å². The first-order valence-electron chi connectivity index (χ1n) is 11.0. The highest BCUT2D eigenvalue weighted by Crippen LogP contribution is 2.31. The summed E-state index contributed by atoms with van der Waals surface area (Å²) in [5.74, 6) is -0.164. The Morgan fingerprint density at radius 3 is 1.97 bits per heavy atom. The Kier molecular flexibility index (Phi) is 6.01. The maximum absolute atomic E-state index is 13.0. The molecule has 0 unspecified atom stereocenters. The topological polar surface area (TPSA) is 91.9 Å². The minimum atomic E-state index is -0.304. The van der Waals surface area contributed by atoms with Crippen LogP contribution < -0.4 is 0 Å². The first-order chi connectivity index (χ1) is 15.8. The van der Waals surface area contributed by atoms with Gasteiger partial charge >= 0.3 is 0 Å². The van der Waals surface area contributed by atoms with Crippen molar-refractivity contribution in [2.45, 2.75) is 33.7 Å². The van der Waals surface area contributed by atoms with E-state index in [2.05, 4.69) is 9.72 Å². The Labute approximate surface area is 191 Å². The number of nitrogens with zero attached hydrogens (tertiary/aromatic N) is 2. The molecule has 2 N–H and O–H groups in total. The maximum Gasteiger partial charge on any atom is 0.210 e. The molecule has 1 aromatic heterocycles. The van der Waals surface area contributed by atoms with E-state index in [1.54, 1.807) is 24.3 Å². The van der Waals surface area contributed by atoms with Crippen LogP contribution in [0.15, 0.2) is 65.8 Å². The quantitative estimate of drug-likeness (QED) is 0.163. The second kappa shape index (κ2) is 8.90. The lowest BCUT2D eigenvalue weighted by molar-refractivity contribution is 0.103. The number of carbonyl (C=O) groups is 2. The summed E-state index contributed by atoms with van der Waals surface area (Å²) in [7, 11) is 0. The van der Waals surface area contributed by atoms with E-state index < -0.39 is 0 Å². The second-order valence-electron chi connectivity index (χ2n) is 8.56. The molecule has 0 aliphatic heterocycles. The summed E-state index contributed by atoms with van der Waals surface area (Å²) in [6.07, 6.45) is 0.384. The molecule has 4 aromatic rings. The predicted molar refractivity (Wildman–Crippen MR) is 130 cm³/mol. The summed E-state index contributed by atoms with van der Waals surface area (Å²) in [4.78, 5) is 26.0. The molecule has 0 fully saturated rings. The molecule has 168 valence electrons. The number of hydrogen-bond donors (Lipinski definition) is 2. The molecular formula is C27H26N2O4. The summed E-state index contributed by atoms with van der Waals surface area (Å²) in [6, 6.07) is 17.2. The van der Waals surface area contributed by atoms with E-state index >= 15 is 0 Å². The lowest BCUT2D eigenvalue weighted by Gasteiger charge is -2.07. The van der Waals surface area contributed by atoms with Crippen molar-refractivity contribution < 1.29 is 19.9 Å². The Balaban J connectivity index is 1.85. The average molecular weight is 443 g/mol. The third-order valence-corrected chi connectivity index (χ3v) is 5.82. The van der Waals surface area contributed by atoms with Gasteiger partial charge in [-0.3, -0.25) is 9.59 Å². The fraction of sp³-hybridized carbons (Fsp3) is 0.222. The number of fused-ring (bicyclic) bond motifs is 3. The molecule has 1 heterocycles. The molecule has 0 radical (unpaired) electrons. The number of Topliss-reactive ketones (excluding diaryl/α,β-unsaturated/α-hetero) is 1. The molecule has 6 heteroatoms. The molecule has 6 nitrogen and oxygen atoms in total. The first-order valence-corrected chi connectivity index (χ1v) is 11.0. The molecule has 0 saturated carbocycles. The van der Waals surface area contributed by atoms with Crippen LogP contribution in [0.4, 0.5) is 0 Å². The Morgan fingerprint density at radius 1 is 0.879 bits per heavy atom. The lowest BCUT2D eigenvalue weighted by atomic mass is 9.97. The van der Waals surface area contributed by atoms with Crippen molar-refractivity contribution in [2.75, 3.05) is 0 Å². The van der Waals surface area contributed by atoms with Crippen molar-refractivity contribution in [2.24, 2.45) is 11.1 Å². The molecule has 4 rings (SSSR count). The van der Waals surface area contributed by atoms with E-state index in [9.17, 15) is 19.9 Å². The number of benzene rings is 3. The van der Waals surface area contributed by atoms with Crippen LogP contribution in [0.5, 0.6) is 5.75 Å².